The molecule has 1 heterocycles. The molecule has 2 rings (SSSR count). The Bertz CT molecular complexity index is 415. The number of ether oxygens (including phenoxy) is 1. The van der Waals surface area contributed by atoms with Crippen molar-refractivity contribution >= 4 is 15.9 Å². The lowest BCUT2D eigenvalue weighted by atomic mass is 10.1. The first-order valence-electron chi connectivity index (χ1n) is 6.89. The largest absolute Gasteiger partial charge is 0.496 e. The molecule has 0 aromatic heterocycles. The maximum atomic E-state index is 5.44. The molecule has 0 atom stereocenters. The van der Waals surface area contributed by atoms with Gasteiger partial charge in [0, 0.05) is 48.8 Å². The van der Waals surface area contributed by atoms with Gasteiger partial charge in [0.25, 0.3) is 0 Å². The van der Waals surface area contributed by atoms with E-state index in [0.29, 0.717) is 6.04 Å². The van der Waals surface area contributed by atoms with Crippen LogP contribution in [0.4, 0.5) is 0 Å². The molecule has 0 N–H and O–H groups in total. The Labute approximate surface area is 124 Å². The molecule has 0 aliphatic carbocycles. The second-order valence-electron chi connectivity index (χ2n) is 5.36. The molecule has 1 aromatic rings. The third-order valence-corrected chi connectivity index (χ3v) is 4.27. The van der Waals surface area contributed by atoms with Gasteiger partial charge in [-0.05, 0) is 32.0 Å². The summed E-state index contributed by atoms with van der Waals surface area (Å²) in [5.74, 6) is 0.981. The highest BCUT2D eigenvalue weighted by molar-refractivity contribution is 9.10. The molecule has 0 unspecified atom stereocenters. The lowest BCUT2D eigenvalue weighted by Crippen LogP contribution is -2.48. The van der Waals surface area contributed by atoms with Gasteiger partial charge in [0.05, 0.1) is 7.11 Å². The van der Waals surface area contributed by atoms with E-state index in [-0.39, 0.29) is 0 Å². The van der Waals surface area contributed by atoms with Gasteiger partial charge >= 0.3 is 0 Å². The monoisotopic (exact) mass is 326 g/mol. The predicted molar refractivity (Wildman–Crippen MR) is 82.7 cm³/mol. The Morgan fingerprint density at radius 2 is 1.89 bits per heavy atom. The van der Waals surface area contributed by atoms with Crippen LogP contribution < -0.4 is 4.74 Å². The van der Waals surface area contributed by atoms with Gasteiger partial charge in [-0.1, -0.05) is 15.9 Å². The smallest absolute Gasteiger partial charge is 0.123 e. The summed E-state index contributed by atoms with van der Waals surface area (Å²) in [4.78, 5) is 5.04. The van der Waals surface area contributed by atoms with Crippen molar-refractivity contribution in [3.8, 4) is 5.75 Å². The summed E-state index contributed by atoms with van der Waals surface area (Å²) in [7, 11) is 1.74. The van der Waals surface area contributed by atoms with Crippen molar-refractivity contribution in [2.45, 2.75) is 26.4 Å². The minimum Gasteiger partial charge on any atom is -0.496 e. The molecule has 0 bridgehead atoms. The molecule has 0 saturated carbocycles. The lowest BCUT2D eigenvalue weighted by molar-refractivity contribution is 0.103. The van der Waals surface area contributed by atoms with Gasteiger partial charge in [-0.15, -0.1) is 0 Å². The second-order valence-corrected chi connectivity index (χ2v) is 6.28. The van der Waals surface area contributed by atoms with Crippen LogP contribution in [0.2, 0.25) is 0 Å². The standard InChI is InChI=1S/C15H23BrN2O/c1-12(2)18-8-6-17(7-9-18)11-13-10-14(16)4-5-15(13)19-3/h4-5,10,12H,6-9,11H2,1-3H3. The van der Waals surface area contributed by atoms with Crippen molar-refractivity contribution < 1.29 is 4.74 Å². The summed E-state index contributed by atoms with van der Waals surface area (Å²) in [5, 5.41) is 0. The number of piperazine rings is 1. The molecule has 0 radical (unpaired) electrons. The maximum Gasteiger partial charge on any atom is 0.123 e. The van der Waals surface area contributed by atoms with Crippen LogP contribution in [0.5, 0.6) is 5.75 Å². The Kier molecular flexibility index (Phi) is 5.25. The lowest BCUT2D eigenvalue weighted by Gasteiger charge is -2.37. The van der Waals surface area contributed by atoms with Crippen molar-refractivity contribution in [2.24, 2.45) is 0 Å². The zero-order chi connectivity index (χ0) is 13.8. The van der Waals surface area contributed by atoms with Gasteiger partial charge < -0.3 is 4.74 Å². The quantitative estimate of drug-likeness (QED) is 0.846. The SMILES string of the molecule is COc1ccc(Br)cc1CN1CCN(C(C)C)CC1. The van der Waals surface area contributed by atoms with Crippen LogP contribution in [-0.4, -0.2) is 49.1 Å². The summed E-state index contributed by atoms with van der Waals surface area (Å²) >= 11 is 3.54. The molecule has 0 amide bonds. The molecule has 0 spiro atoms. The molecule has 1 saturated heterocycles. The Hall–Kier alpha value is -0.580. The maximum absolute atomic E-state index is 5.44. The fourth-order valence-corrected chi connectivity index (χ4v) is 2.96. The minimum absolute atomic E-state index is 0.655. The van der Waals surface area contributed by atoms with E-state index in [2.05, 4.69) is 45.6 Å². The van der Waals surface area contributed by atoms with Crippen LogP contribution in [-0.2, 0) is 6.54 Å². The number of nitrogens with zero attached hydrogens (tertiary/aromatic N) is 2. The number of hydrogen-bond acceptors (Lipinski definition) is 3. The van der Waals surface area contributed by atoms with Gasteiger partial charge in [-0.25, -0.2) is 0 Å². The van der Waals surface area contributed by atoms with Crippen molar-refractivity contribution in [1.82, 2.24) is 9.80 Å². The topological polar surface area (TPSA) is 15.7 Å². The molecule has 1 aliphatic rings. The molecule has 1 fully saturated rings. The van der Waals surface area contributed by atoms with Crippen LogP contribution in [0.15, 0.2) is 22.7 Å². The number of halogens is 1. The van der Waals surface area contributed by atoms with E-state index in [1.165, 1.54) is 5.56 Å². The number of benzene rings is 1. The molecule has 4 heteroatoms. The van der Waals surface area contributed by atoms with Gasteiger partial charge in [0.2, 0.25) is 0 Å². The fraction of sp³-hybridized carbons (Fsp3) is 0.600. The van der Waals surface area contributed by atoms with Gasteiger partial charge in [0.15, 0.2) is 0 Å². The van der Waals surface area contributed by atoms with E-state index >= 15 is 0 Å². The van der Waals surface area contributed by atoms with E-state index in [1.807, 2.05) is 12.1 Å². The summed E-state index contributed by atoms with van der Waals surface area (Å²) in [6, 6.07) is 6.87. The van der Waals surface area contributed by atoms with Crippen LogP contribution >= 0.6 is 15.9 Å². The Morgan fingerprint density at radius 3 is 2.47 bits per heavy atom. The van der Waals surface area contributed by atoms with E-state index in [4.69, 9.17) is 4.74 Å². The highest BCUT2D eigenvalue weighted by Gasteiger charge is 2.19. The van der Waals surface area contributed by atoms with Crippen molar-refractivity contribution in [1.29, 1.82) is 0 Å². The zero-order valence-electron chi connectivity index (χ0n) is 12.0. The molecule has 19 heavy (non-hydrogen) atoms. The van der Waals surface area contributed by atoms with E-state index in [0.717, 1.165) is 42.9 Å². The minimum atomic E-state index is 0.655. The number of hydrogen-bond donors (Lipinski definition) is 0. The zero-order valence-corrected chi connectivity index (χ0v) is 13.6. The Morgan fingerprint density at radius 1 is 1.21 bits per heavy atom. The third-order valence-electron chi connectivity index (χ3n) is 3.77. The molecule has 106 valence electrons. The first-order valence-corrected chi connectivity index (χ1v) is 7.68. The van der Waals surface area contributed by atoms with Crippen LogP contribution in [0.1, 0.15) is 19.4 Å². The number of methoxy groups -OCH3 is 1. The predicted octanol–water partition coefficient (Wildman–Crippen LogP) is 2.98. The Balaban J connectivity index is 1.97. The summed E-state index contributed by atoms with van der Waals surface area (Å²) in [6.45, 7) is 10.1. The molecule has 1 aliphatic heterocycles. The average Bonchev–Trinajstić information content (AvgIpc) is 2.39. The first-order chi connectivity index (χ1) is 9.10. The van der Waals surface area contributed by atoms with Crippen LogP contribution in [0.3, 0.4) is 0 Å². The van der Waals surface area contributed by atoms with Crippen LogP contribution in [0.25, 0.3) is 0 Å². The summed E-state index contributed by atoms with van der Waals surface area (Å²) < 4.78 is 6.56. The van der Waals surface area contributed by atoms with Crippen molar-refractivity contribution in [3.05, 3.63) is 28.2 Å². The van der Waals surface area contributed by atoms with Gasteiger partial charge in [0.1, 0.15) is 5.75 Å². The van der Waals surface area contributed by atoms with Crippen LogP contribution in [0, 0.1) is 0 Å². The fourth-order valence-electron chi connectivity index (χ4n) is 2.55. The van der Waals surface area contributed by atoms with Gasteiger partial charge in [-0.2, -0.15) is 0 Å². The van der Waals surface area contributed by atoms with E-state index in [9.17, 15) is 0 Å². The first kappa shape index (κ1) is 14.8. The molecular formula is C15H23BrN2O. The average molecular weight is 327 g/mol. The highest BCUT2D eigenvalue weighted by atomic mass is 79.9. The summed E-state index contributed by atoms with van der Waals surface area (Å²) in [6.07, 6.45) is 0. The normalized spacial score (nSPS) is 17.9. The van der Waals surface area contributed by atoms with Crippen molar-refractivity contribution in [2.75, 3.05) is 33.3 Å². The molecule has 1 aromatic carbocycles. The molecular weight excluding hydrogens is 304 g/mol. The highest BCUT2D eigenvalue weighted by Crippen LogP contribution is 2.24. The third kappa shape index (κ3) is 3.94. The van der Waals surface area contributed by atoms with Gasteiger partial charge in [-0.3, -0.25) is 9.80 Å². The second kappa shape index (κ2) is 6.73. The summed E-state index contributed by atoms with van der Waals surface area (Å²) in [5.41, 5.74) is 1.26. The van der Waals surface area contributed by atoms with Crippen molar-refractivity contribution in [3.63, 3.8) is 0 Å². The number of rotatable bonds is 4. The van der Waals surface area contributed by atoms with E-state index < -0.39 is 0 Å². The van der Waals surface area contributed by atoms with E-state index in [1.54, 1.807) is 7.11 Å². The molecule has 3 nitrogen and oxygen atoms in total.